The number of carbonyl (C=O) groups is 2. The van der Waals surface area contributed by atoms with Crippen molar-refractivity contribution in [2.24, 2.45) is 11.7 Å². The second-order valence-electron chi connectivity index (χ2n) is 4.71. The van der Waals surface area contributed by atoms with E-state index in [9.17, 15) is 9.59 Å². The Kier molecular flexibility index (Phi) is 3.86. The number of nitrogens with one attached hydrogen (secondary N) is 1. The lowest BCUT2D eigenvalue weighted by molar-refractivity contribution is -0.119. The van der Waals surface area contributed by atoms with Crippen LogP contribution in [-0.4, -0.2) is 11.8 Å². The van der Waals surface area contributed by atoms with Crippen LogP contribution in [0.5, 0.6) is 0 Å². The Morgan fingerprint density at radius 3 is 2.58 bits per heavy atom. The maximum atomic E-state index is 12.0. The van der Waals surface area contributed by atoms with E-state index in [1.807, 2.05) is 6.07 Å². The third-order valence-electron chi connectivity index (χ3n) is 3.45. The van der Waals surface area contributed by atoms with E-state index in [0.29, 0.717) is 21.0 Å². The Morgan fingerprint density at radius 2 is 2.05 bits per heavy atom. The Balaban J connectivity index is 2.25. The van der Waals surface area contributed by atoms with Gasteiger partial charge in [0.25, 0.3) is 5.91 Å². The zero-order valence-corrected chi connectivity index (χ0v) is 11.5. The fraction of sp³-hybridized carbons (Fsp3) is 0.462. The first kappa shape index (κ1) is 13.6. The van der Waals surface area contributed by atoms with Gasteiger partial charge in [-0.25, -0.2) is 0 Å². The van der Waals surface area contributed by atoms with Crippen LogP contribution in [0.2, 0.25) is 0 Å². The SMILES string of the molecule is Cc1c(C(N)=O)sc(NC(=O)C2CCCC2)c1C#N. The van der Waals surface area contributed by atoms with E-state index in [-0.39, 0.29) is 11.8 Å². The van der Waals surface area contributed by atoms with E-state index in [0.717, 1.165) is 37.0 Å². The standard InChI is InChI=1S/C13H15N3O2S/c1-7-9(6-14)13(19-10(7)11(15)17)16-12(18)8-4-2-3-5-8/h8H,2-5H2,1H3,(H2,15,17)(H,16,18). The molecule has 0 saturated heterocycles. The Hall–Kier alpha value is -1.87. The summed E-state index contributed by atoms with van der Waals surface area (Å²) in [6, 6.07) is 2.02. The number of nitrogens with zero attached hydrogens (tertiary/aromatic N) is 1. The maximum Gasteiger partial charge on any atom is 0.259 e. The van der Waals surface area contributed by atoms with Crippen LogP contribution in [0.4, 0.5) is 5.00 Å². The lowest BCUT2D eigenvalue weighted by Crippen LogP contribution is -2.20. The highest BCUT2D eigenvalue weighted by Gasteiger charge is 2.25. The van der Waals surface area contributed by atoms with Crippen LogP contribution in [0.3, 0.4) is 0 Å². The highest BCUT2D eigenvalue weighted by atomic mass is 32.1. The Morgan fingerprint density at radius 1 is 1.42 bits per heavy atom. The van der Waals surface area contributed by atoms with E-state index in [2.05, 4.69) is 5.32 Å². The summed E-state index contributed by atoms with van der Waals surface area (Å²) < 4.78 is 0. The molecule has 0 aliphatic heterocycles. The van der Waals surface area contributed by atoms with Crippen LogP contribution < -0.4 is 11.1 Å². The molecule has 1 heterocycles. The number of rotatable bonds is 3. The molecule has 100 valence electrons. The number of primary amides is 1. The van der Waals surface area contributed by atoms with Gasteiger partial charge in [-0.3, -0.25) is 9.59 Å². The first-order chi connectivity index (χ1) is 9.04. The first-order valence-corrected chi connectivity index (χ1v) is 7.00. The quantitative estimate of drug-likeness (QED) is 0.886. The Bertz CT molecular complexity index is 565. The lowest BCUT2D eigenvalue weighted by Gasteiger charge is -2.08. The largest absolute Gasteiger partial charge is 0.365 e. The monoisotopic (exact) mass is 277 g/mol. The molecule has 1 fully saturated rings. The molecule has 1 aromatic heterocycles. The molecule has 2 rings (SSSR count). The lowest BCUT2D eigenvalue weighted by atomic mass is 10.1. The molecule has 1 aliphatic rings. The van der Waals surface area contributed by atoms with Crippen LogP contribution >= 0.6 is 11.3 Å². The summed E-state index contributed by atoms with van der Waals surface area (Å²) in [4.78, 5) is 23.6. The van der Waals surface area contributed by atoms with E-state index in [1.54, 1.807) is 6.92 Å². The van der Waals surface area contributed by atoms with Crippen molar-refractivity contribution in [3.8, 4) is 6.07 Å². The minimum atomic E-state index is -0.569. The van der Waals surface area contributed by atoms with Crippen molar-refractivity contribution >= 4 is 28.2 Å². The van der Waals surface area contributed by atoms with Gasteiger partial charge in [-0.1, -0.05) is 12.8 Å². The normalized spacial score (nSPS) is 15.2. The molecule has 0 radical (unpaired) electrons. The van der Waals surface area contributed by atoms with Crippen molar-refractivity contribution in [1.29, 1.82) is 5.26 Å². The van der Waals surface area contributed by atoms with Crippen LogP contribution in [0.15, 0.2) is 0 Å². The highest BCUT2D eigenvalue weighted by Crippen LogP contribution is 2.33. The number of hydrogen-bond acceptors (Lipinski definition) is 4. The van der Waals surface area contributed by atoms with Gasteiger partial charge in [0, 0.05) is 5.92 Å². The number of nitrogens with two attached hydrogens (primary N) is 1. The van der Waals surface area contributed by atoms with Crippen molar-refractivity contribution in [3.05, 3.63) is 16.0 Å². The molecule has 2 amide bonds. The molecule has 0 aromatic carbocycles. The average Bonchev–Trinajstić information content (AvgIpc) is 2.97. The van der Waals surface area contributed by atoms with Crippen molar-refractivity contribution < 1.29 is 9.59 Å². The number of hydrogen-bond donors (Lipinski definition) is 2. The second kappa shape index (κ2) is 5.41. The van der Waals surface area contributed by atoms with Gasteiger partial charge in [-0.15, -0.1) is 11.3 Å². The summed E-state index contributed by atoms with van der Waals surface area (Å²) in [6.07, 6.45) is 3.92. The molecule has 19 heavy (non-hydrogen) atoms. The van der Waals surface area contributed by atoms with Crippen LogP contribution in [0, 0.1) is 24.2 Å². The first-order valence-electron chi connectivity index (χ1n) is 6.18. The van der Waals surface area contributed by atoms with E-state index in [4.69, 9.17) is 11.0 Å². The van der Waals surface area contributed by atoms with Crippen molar-refractivity contribution in [3.63, 3.8) is 0 Å². The number of nitriles is 1. The summed E-state index contributed by atoms with van der Waals surface area (Å²) in [5, 5.41) is 12.3. The fourth-order valence-electron chi connectivity index (χ4n) is 2.37. The van der Waals surface area contributed by atoms with Gasteiger partial charge in [0.15, 0.2) is 0 Å². The number of anilines is 1. The predicted octanol–water partition coefficient (Wildman–Crippen LogP) is 2.16. The smallest absolute Gasteiger partial charge is 0.259 e. The van der Waals surface area contributed by atoms with E-state index >= 15 is 0 Å². The van der Waals surface area contributed by atoms with Gasteiger partial charge in [0.2, 0.25) is 5.91 Å². The Labute approximate surface area is 115 Å². The third kappa shape index (κ3) is 2.61. The molecular weight excluding hydrogens is 262 g/mol. The minimum Gasteiger partial charge on any atom is -0.365 e. The molecule has 3 N–H and O–H groups in total. The minimum absolute atomic E-state index is 0.0194. The van der Waals surface area contributed by atoms with Crippen molar-refractivity contribution in [2.45, 2.75) is 32.6 Å². The molecule has 0 unspecified atom stereocenters. The summed E-state index contributed by atoms with van der Waals surface area (Å²) in [5.74, 6) is -0.613. The van der Waals surface area contributed by atoms with Crippen molar-refractivity contribution in [2.75, 3.05) is 5.32 Å². The summed E-state index contributed by atoms with van der Waals surface area (Å²) >= 11 is 1.08. The molecule has 0 atom stereocenters. The summed E-state index contributed by atoms with van der Waals surface area (Å²) in [5.41, 5.74) is 6.14. The zero-order valence-electron chi connectivity index (χ0n) is 10.7. The van der Waals surface area contributed by atoms with Crippen LogP contribution in [0.25, 0.3) is 0 Å². The molecule has 0 spiro atoms. The van der Waals surface area contributed by atoms with Crippen molar-refractivity contribution in [1.82, 2.24) is 0 Å². The average molecular weight is 277 g/mol. The molecule has 1 aromatic rings. The third-order valence-corrected chi connectivity index (χ3v) is 4.67. The molecule has 0 bridgehead atoms. The molecule has 1 saturated carbocycles. The molecular formula is C13H15N3O2S. The molecule has 6 heteroatoms. The second-order valence-corrected chi connectivity index (χ2v) is 5.73. The van der Waals surface area contributed by atoms with Gasteiger partial charge in [0.1, 0.15) is 11.1 Å². The van der Waals surface area contributed by atoms with Gasteiger partial charge < -0.3 is 11.1 Å². The van der Waals surface area contributed by atoms with Gasteiger partial charge in [-0.2, -0.15) is 5.26 Å². The van der Waals surface area contributed by atoms with Crippen LogP contribution in [-0.2, 0) is 4.79 Å². The maximum absolute atomic E-state index is 12.0. The van der Waals surface area contributed by atoms with Crippen LogP contribution in [0.1, 0.15) is 46.5 Å². The number of carbonyl (C=O) groups excluding carboxylic acids is 2. The number of thiophene rings is 1. The molecule has 5 nitrogen and oxygen atoms in total. The van der Waals surface area contributed by atoms with Gasteiger partial charge in [0.05, 0.1) is 10.4 Å². The van der Waals surface area contributed by atoms with Gasteiger partial charge in [-0.05, 0) is 25.3 Å². The number of amides is 2. The summed E-state index contributed by atoms with van der Waals surface area (Å²) in [6.45, 7) is 1.67. The van der Waals surface area contributed by atoms with E-state index < -0.39 is 5.91 Å². The topological polar surface area (TPSA) is 96.0 Å². The molecule has 1 aliphatic carbocycles. The van der Waals surface area contributed by atoms with Gasteiger partial charge >= 0.3 is 0 Å². The summed E-state index contributed by atoms with van der Waals surface area (Å²) in [7, 11) is 0. The highest BCUT2D eigenvalue weighted by molar-refractivity contribution is 7.18. The van der Waals surface area contributed by atoms with E-state index in [1.165, 1.54) is 0 Å². The predicted molar refractivity (Wildman–Crippen MR) is 72.9 cm³/mol. The zero-order chi connectivity index (χ0) is 14.0. The fourth-order valence-corrected chi connectivity index (χ4v) is 3.39.